The summed E-state index contributed by atoms with van der Waals surface area (Å²) in [5.41, 5.74) is 17.4. The van der Waals surface area contributed by atoms with Crippen LogP contribution in [0, 0.1) is 13.8 Å². The van der Waals surface area contributed by atoms with Crippen LogP contribution in [0.3, 0.4) is 0 Å². The number of benzene rings is 2. The van der Waals surface area contributed by atoms with Crippen molar-refractivity contribution in [3.8, 4) is 17.2 Å². The Hall–Kier alpha value is -2.69. The number of methoxy groups -OCH3 is 1. The van der Waals surface area contributed by atoms with E-state index in [-0.39, 0.29) is 0 Å². The summed E-state index contributed by atoms with van der Waals surface area (Å²) < 4.78 is 11.0. The molecule has 0 saturated carbocycles. The summed E-state index contributed by atoms with van der Waals surface area (Å²) in [6.45, 7) is 4.03. The van der Waals surface area contributed by atoms with Crippen LogP contribution in [-0.4, -0.2) is 12.1 Å². The van der Waals surface area contributed by atoms with E-state index in [0.717, 1.165) is 27.8 Å². The number of aromatic nitrogens is 1. The van der Waals surface area contributed by atoms with Gasteiger partial charge in [-0.05, 0) is 43.2 Å². The van der Waals surface area contributed by atoms with Gasteiger partial charge < -0.3 is 20.6 Å². The second-order valence-electron chi connectivity index (χ2n) is 5.14. The van der Waals surface area contributed by atoms with E-state index in [1.54, 1.807) is 12.1 Å². The molecule has 0 atom stereocenters. The molecule has 5 heteroatoms. The van der Waals surface area contributed by atoms with Gasteiger partial charge in [-0.1, -0.05) is 6.07 Å². The maximum atomic E-state index is 5.94. The maximum Gasteiger partial charge on any atom is 0.227 e. The van der Waals surface area contributed by atoms with Crippen LogP contribution in [0.15, 0.2) is 28.7 Å². The van der Waals surface area contributed by atoms with Gasteiger partial charge in [0.1, 0.15) is 5.52 Å². The number of nitrogens with zero attached hydrogens (tertiary/aromatic N) is 1. The summed E-state index contributed by atoms with van der Waals surface area (Å²) >= 11 is 0. The van der Waals surface area contributed by atoms with Gasteiger partial charge in [-0.25, -0.2) is 4.98 Å². The number of fused-ring (bicyclic) bond motifs is 1. The fraction of sp³-hybridized carbons (Fsp3) is 0.188. The number of hydrogen-bond acceptors (Lipinski definition) is 5. The molecule has 1 aromatic heterocycles. The van der Waals surface area contributed by atoms with Gasteiger partial charge >= 0.3 is 0 Å². The van der Waals surface area contributed by atoms with Crippen LogP contribution in [-0.2, 0) is 0 Å². The van der Waals surface area contributed by atoms with Gasteiger partial charge in [-0.15, -0.1) is 0 Å². The molecule has 0 spiro atoms. The van der Waals surface area contributed by atoms with Crippen molar-refractivity contribution < 1.29 is 9.15 Å². The van der Waals surface area contributed by atoms with E-state index in [4.69, 9.17) is 20.6 Å². The minimum absolute atomic E-state index is 0.461. The highest BCUT2D eigenvalue weighted by Crippen LogP contribution is 2.35. The zero-order valence-corrected chi connectivity index (χ0v) is 12.2. The molecule has 0 saturated heterocycles. The van der Waals surface area contributed by atoms with Crippen LogP contribution in [0.2, 0.25) is 0 Å². The summed E-state index contributed by atoms with van der Waals surface area (Å²) in [7, 11) is 1.54. The molecule has 0 aliphatic heterocycles. The van der Waals surface area contributed by atoms with Crippen molar-refractivity contribution in [2.45, 2.75) is 13.8 Å². The molecular weight excluding hydrogens is 266 g/mol. The lowest BCUT2D eigenvalue weighted by Crippen LogP contribution is -1.98. The second-order valence-corrected chi connectivity index (χ2v) is 5.14. The second kappa shape index (κ2) is 4.70. The molecule has 0 aliphatic rings. The molecule has 0 aliphatic carbocycles. The maximum absolute atomic E-state index is 5.94. The van der Waals surface area contributed by atoms with E-state index in [1.807, 2.05) is 19.9 Å². The number of ether oxygens (including phenoxy) is 1. The number of rotatable bonds is 2. The Balaban J connectivity index is 2.19. The number of oxazole rings is 1. The van der Waals surface area contributed by atoms with Crippen molar-refractivity contribution in [2.75, 3.05) is 18.6 Å². The van der Waals surface area contributed by atoms with E-state index in [1.165, 1.54) is 7.11 Å². The lowest BCUT2D eigenvalue weighted by molar-refractivity contribution is 0.419. The normalized spacial score (nSPS) is 11.0. The Kier molecular flexibility index (Phi) is 2.97. The van der Waals surface area contributed by atoms with E-state index in [2.05, 4.69) is 11.1 Å². The third-order valence-corrected chi connectivity index (χ3v) is 3.42. The van der Waals surface area contributed by atoms with Gasteiger partial charge in [-0.3, -0.25) is 0 Å². The molecule has 4 N–H and O–H groups in total. The van der Waals surface area contributed by atoms with Crippen molar-refractivity contribution >= 4 is 22.5 Å². The third-order valence-electron chi connectivity index (χ3n) is 3.42. The lowest BCUT2D eigenvalue weighted by atomic mass is 10.1. The third kappa shape index (κ3) is 2.16. The first-order chi connectivity index (χ1) is 9.99. The minimum Gasteiger partial charge on any atom is -0.492 e. The Morgan fingerprint density at radius 2 is 1.71 bits per heavy atom. The SMILES string of the molecule is COc1c(N)cc(-c2nc3cc(C)cc(C)c3o2)cc1N. The summed E-state index contributed by atoms with van der Waals surface area (Å²) in [6, 6.07) is 7.56. The number of anilines is 2. The van der Waals surface area contributed by atoms with Gasteiger partial charge in [0.05, 0.1) is 18.5 Å². The highest BCUT2D eigenvalue weighted by atomic mass is 16.5. The Morgan fingerprint density at radius 3 is 2.33 bits per heavy atom. The molecule has 0 radical (unpaired) electrons. The van der Waals surface area contributed by atoms with Crippen LogP contribution in [0.4, 0.5) is 11.4 Å². The molecule has 3 rings (SSSR count). The van der Waals surface area contributed by atoms with E-state index in [9.17, 15) is 0 Å². The van der Waals surface area contributed by atoms with E-state index >= 15 is 0 Å². The van der Waals surface area contributed by atoms with E-state index in [0.29, 0.717) is 23.0 Å². The van der Waals surface area contributed by atoms with Crippen molar-refractivity contribution in [3.63, 3.8) is 0 Å². The van der Waals surface area contributed by atoms with Gasteiger partial charge in [0.2, 0.25) is 5.89 Å². The number of aryl methyl sites for hydroxylation is 2. The van der Waals surface area contributed by atoms with Crippen LogP contribution >= 0.6 is 0 Å². The zero-order chi connectivity index (χ0) is 15.1. The smallest absolute Gasteiger partial charge is 0.227 e. The number of nitrogen functional groups attached to an aromatic ring is 2. The van der Waals surface area contributed by atoms with Gasteiger partial charge in [0.25, 0.3) is 0 Å². The number of hydrogen-bond donors (Lipinski definition) is 2. The Morgan fingerprint density at radius 1 is 1.05 bits per heavy atom. The molecule has 5 nitrogen and oxygen atoms in total. The summed E-state index contributed by atoms with van der Waals surface area (Å²) in [5, 5.41) is 0. The van der Waals surface area contributed by atoms with Crippen molar-refractivity contribution in [3.05, 3.63) is 35.4 Å². The highest BCUT2D eigenvalue weighted by molar-refractivity contribution is 5.82. The van der Waals surface area contributed by atoms with Crippen molar-refractivity contribution in [2.24, 2.45) is 0 Å². The molecule has 0 unspecified atom stereocenters. The predicted octanol–water partition coefficient (Wildman–Crippen LogP) is 3.28. The molecule has 0 fully saturated rings. The topological polar surface area (TPSA) is 87.3 Å². The molecule has 2 aromatic carbocycles. The molecule has 1 heterocycles. The standard InChI is InChI=1S/C16H17N3O2/c1-8-4-9(2)14-13(5-8)19-16(21-14)10-6-11(17)15(20-3)12(18)7-10/h4-7H,17-18H2,1-3H3. The molecule has 3 aromatic rings. The summed E-state index contributed by atoms with van der Waals surface area (Å²) in [4.78, 5) is 4.52. The molecular formula is C16H17N3O2. The summed E-state index contributed by atoms with van der Waals surface area (Å²) in [5.74, 6) is 0.974. The first kappa shape index (κ1) is 13.3. The quantitative estimate of drug-likeness (QED) is 0.705. The first-order valence-electron chi connectivity index (χ1n) is 6.60. The lowest BCUT2D eigenvalue weighted by Gasteiger charge is -2.08. The Labute approximate surface area is 122 Å². The fourth-order valence-corrected chi connectivity index (χ4v) is 2.53. The molecule has 0 bridgehead atoms. The van der Waals surface area contributed by atoms with Crippen LogP contribution < -0.4 is 16.2 Å². The fourth-order valence-electron chi connectivity index (χ4n) is 2.53. The molecule has 108 valence electrons. The Bertz CT molecular complexity index is 814. The largest absolute Gasteiger partial charge is 0.492 e. The molecule has 21 heavy (non-hydrogen) atoms. The average Bonchev–Trinajstić information content (AvgIpc) is 2.82. The minimum atomic E-state index is 0.461. The van der Waals surface area contributed by atoms with Crippen molar-refractivity contribution in [1.82, 2.24) is 4.98 Å². The first-order valence-corrected chi connectivity index (χ1v) is 6.60. The van der Waals surface area contributed by atoms with Crippen LogP contribution in [0.5, 0.6) is 5.75 Å². The zero-order valence-electron chi connectivity index (χ0n) is 12.2. The van der Waals surface area contributed by atoms with Gasteiger partial charge in [0, 0.05) is 5.56 Å². The monoisotopic (exact) mass is 283 g/mol. The van der Waals surface area contributed by atoms with Gasteiger partial charge in [-0.2, -0.15) is 0 Å². The van der Waals surface area contributed by atoms with Crippen LogP contribution in [0.1, 0.15) is 11.1 Å². The molecule has 0 amide bonds. The van der Waals surface area contributed by atoms with Crippen molar-refractivity contribution in [1.29, 1.82) is 0 Å². The van der Waals surface area contributed by atoms with Crippen LogP contribution in [0.25, 0.3) is 22.6 Å². The summed E-state index contributed by atoms with van der Waals surface area (Å²) in [6.07, 6.45) is 0. The average molecular weight is 283 g/mol. The predicted molar refractivity (Wildman–Crippen MR) is 84.3 cm³/mol. The number of nitrogens with two attached hydrogens (primary N) is 2. The van der Waals surface area contributed by atoms with E-state index < -0.39 is 0 Å². The van der Waals surface area contributed by atoms with Gasteiger partial charge in [0.15, 0.2) is 11.3 Å². The highest BCUT2D eigenvalue weighted by Gasteiger charge is 2.14.